The van der Waals surface area contributed by atoms with Crippen molar-refractivity contribution in [3.8, 4) is 0 Å². The van der Waals surface area contributed by atoms with Crippen LogP contribution in [-0.4, -0.2) is 5.75 Å². The predicted octanol–water partition coefficient (Wildman–Crippen LogP) is 3.24. The molecule has 11 heavy (non-hydrogen) atoms. The highest BCUT2D eigenvalue weighted by molar-refractivity contribution is 7.99. The van der Waals surface area contributed by atoms with Crippen molar-refractivity contribution in [2.75, 3.05) is 5.75 Å². The maximum Gasteiger partial charge on any atom is 0.116 e. The van der Waals surface area contributed by atoms with Crippen molar-refractivity contribution in [1.29, 1.82) is 0 Å². The van der Waals surface area contributed by atoms with Gasteiger partial charge in [-0.15, -0.1) is 0 Å². The Balaban J connectivity index is 2.04. The van der Waals surface area contributed by atoms with Crippen LogP contribution in [0.2, 0.25) is 0 Å². The van der Waals surface area contributed by atoms with E-state index in [9.17, 15) is 0 Å². The van der Waals surface area contributed by atoms with Gasteiger partial charge in [0.2, 0.25) is 0 Å². The zero-order valence-electron chi connectivity index (χ0n) is 6.45. The van der Waals surface area contributed by atoms with Crippen LogP contribution in [0, 0.1) is 0 Å². The molecule has 1 aromatic rings. The molecule has 2 rings (SSSR count). The number of rotatable bonds is 1. The van der Waals surface area contributed by atoms with Crippen LogP contribution < -0.4 is 0 Å². The van der Waals surface area contributed by atoms with Gasteiger partial charge in [0, 0.05) is 0 Å². The SMILES string of the molecule is c1coc(C2CCCCS2)c1. The van der Waals surface area contributed by atoms with Crippen LogP contribution in [0.15, 0.2) is 22.8 Å². The van der Waals surface area contributed by atoms with E-state index >= 15 is 0 Å². The highest BCUT2D eigenvalue weighted by atomic mass is 32.2. The molecule has 0 amide bonds. The minimum absolute atomic E-state index is 0.638. The minimum Gasteiger partial charge on any atom is -0.468 e. The summed E-state index contributed by atoms with van der Waals surface area (Å²) in [6.07, 6.45) is 5.79. The zero-order chi connectivity index (χ0) is 7.52. The molecule has 1 fully saturated rings. The Labute approximate surface area is 71.2 Å². The van der Waals surface area contributed by atoms with E-state index in [1.807, 2.05) is 17.8 Å². The average molecular weight is 168 g/mol. The Hall–Kier alpha value is -0.370. The first kappa shape index (κ1) is 7.29. The van der Waals surface area contributed by atoms with Crippen molar-refractivity contribution in [2.45, 2.75) is 24.5 Å². The van der Waals surface area contributed by atoms with Gasteiger partial charge in [-0.3, -0.25) is 0 Å². The molecule has 1 aromatic heterocycles. The summed E-state index contributed by atoms with van der Waals surface area (Å²) in [5, 5.41) is 0.638. The number of hydrogen-bond acceptors (Lipinski definition) is 2. The summed E-state index contributed by atoms with van der Waals surface area (Å²) in [7, 11) is 0. The average Bonchev–Trinajstić information content (AvgIpc) is 2.58. The maximum absolute atomic E-state index is 5.35. The van der Waals surface area contributed by atoms with Gasteiger partial charge in [0.05, 0.1) is 11.5 Å². The van der Waals surface area contributed by atoms with E-state index in [4.69, 9.17) is 4.42 Å². The van der Waals surface area contributed by atoms with Crippen molar-refractivity contribution in [2.24, 2.45) is 0 Å². The zero-order valence-corrected chi connectivity index (χ0v) is 7.27. The molecule has 2 heteroatoms. The van der Waals surface area contributed by atoms with Crippen LogP contribution in [0.25, 0.3) is 0 Å². The molecule has 0 aliphatic carbocycles. The van der Waals surface area contributed by atoms with Gasteiger partial charge in [-0.25, -0.2) is 0 Å². The predicted molar refractivity (Wildman–Crippen MR) is 47.8 cm³/mol. The van der Waals surface area contributed by atoms with Crippen molar-refractivity contribution in [3.63, 3.8) is 0 Å². The fraction of sp³-hybridized carbons (Fsp3) is 0.556. The third-order valence-electron chi connectivity index (χ3n) is 2.04. The Morgan fingerprint density at radius 2 is 2.45 bits per heavy atom. The lowest BCUT2D eigenvalue weighted by Gasteiger charge is -2.18. The Bertz CT molecular complexity index is 199. The van der Waals surface area contributed by atoms with Crippen molar-refractivity contribution in [1.82, 2.24) is 0 Å². The third kappa shape index (κ3) is 1.62. The Kier molecular flexibility index (Phi) is 2.22. The molecule has 0 bridgehead atoms. The number of furan rings is 1. The lowest BCUT2D eigenvalue weighted by atomic mass is 10.1. The molecule has 1 unspecified atom stereocenters. The fourth-order valence-corrected chi connectivity index (χ4v) is 2.73. The Morgan fingerprint density at radius 3 is 3.09 bits per heavy atom. The normalized spacial score (nSPS) is 25.3. The highest BCUT2D eigenvalue weighted by Gasteiger charge is 2.17. The van der Waals surface area contributed by atoms with Gasteiger partial charge < -0.3 is 4.42 Å². The van der Waals surface area contributed by atoms with Crippen LogP contribution in [0.1, 0.15) is 30.3 Å². The van der Waals surface area contributed by atoms with E-state index in [2.05, 4.69) is 6.07 Å². The van der Waals surface area contributed by atoms with E-state index in [1.165, 1.54) is 25.0 Å². The van der Waals surface area contributed by atoms with Gasteiger partial charge in [-0.1, -0.05) is 6.42 Å². The minimum atomic E-state index is 0.638. The molecule has 1 nitrogen and oxygen atoms in total. The molecule has 0 N–H and O–H groups in total. The van der Waals surface area contributed by atoms with Gasteiger partial charge in [0.1, 0.15) is 5.76 Å². The molecular weight excluding hydrogens is 156 g/mol. The van der Waals surface area contributed by atoms with Gasteiger partial charge in [-0.05, 0) is 30.7 Å². The van der Waals surface area contributed by atoms with Crippen LogP contribution in [-0.2, 0) is 0 Å². The van der Waals surface area contributed by atoms with Crippen LogP contribution in [0.3, 0.4) is 0 Å². The lowest BCUT2D eigenvalue weighted by molar-refractivity contribution is 0.488. The first-order valence-electron chi connectivity index (χ1n) is 4.12. The fourth-order valence-electron chi connectivity index (χ4n) is 1.44. The molecule has 2 heterocycles. The van der Waals surface area contributed by atoms with Gasteiger partial charge in [0.15, 0.2) is 0 Å². The second-order valence-corrected chi connectivity index (χ2v) is 4.18. The number of hydrogen-bond donors (Lipinski definition) is 0. The second kappa shape index (κ2) is 3.35. The summed E-state index contributed by atoms with van der Waals surface area (Å²) in [6, 6.07) is 4.06. The van der Waals surface area contributed by atoms with Crippen molar-refractivity contribution in [3.05, 3.63) is 24.2 Å². The van der Waals surface area contributed by atoms with Gasteiger partial charge in [0.25, 0.3) is 0 Å². The quantitative estimate of drug-likeness (QED) is 0.638. The molecule has 1 atom stereocenters. The largest absolute Gasteiger partial charge is 0.468 e. The maximum atomic E-state index is 5.35. The molecule has 60 valence electrons. The molecule has 1 saturated heterocycles. The van der Waals surface area contributed by atoms with Crippen molar-refractivity contribution >= 4 is 11.8 Å². The van der Waals surface area contributed by atoms with Crippen molar-refractivity contribution < 1.29 is 4.42 Å². The summed E-state index contributed by atoms with van der Waals surface area (Å²) in [5.74, 6) is 2.46. The second-order valence-electron chi connectivity index (χ2n) is 2.87. The van der Waals surface area contributed by atoms with Crippen LogP contribution >= 0.6 is 11.8 Å². The first-order valence-corrected chi connectivity index (χ1v) is 5.17. The number of thioether (sulfide) groups is 1. The summed E-state index contributed by atoms with van der Waals surface area (Å²) < 4.78 is 5.35. The lowest BCUT2D eigenvalue weighted by Crippen LogP contribution is -2.00. The molecule has 0 saturated carbocycles. The van der Waals surface area contributed by atoms with E-state index in [0.717, 1.165) is 5.76 Å². The molecule has 1 aliphatic rings. The van der Waals surface area contributed by atoms with E-state index in [0.29, 0.717) is 5.25 Å². The van der Waals surface area contributed by atoms with Gasteiger partial charge in [-0.2, -0.15) is 11.8 Å². The van der Waals surface area contributed by atoms with E-state index < -0.39 is 0 Å². The molecular formula is C9H12OS. The van der Waals surface area contributed by atoms with Crippen LogP contribution in [0.5, 0.6) is 0 Å². The smallest absolute Gasteiger partial charge is 0.116 e. The third-order valence-corrected chi connectivity index (χ3v) is 3.43. The first-order chi connectivity index (χ1) is 5.47. The summed E-state index contributed by atoms with van der Waals surface area (Å²) in [5.41, 5.74) is 0. The Morgan fingerprint density at radius 1 is 1.45 bits per heavy atom. The van der Waals surface area contributed by atoms with Crippen LogP contribution in [0.4, 0.5) is 0 Å². The molecule has 1 aliphatic heterocycles. The molecule has 0 spiro atoms. The molecule has 0 radical (unpaired) electrons. The highest BCUT2D eigenvalue weighted by Crippen LogP contribution is 2.38. The summed E-state index contributed by atoms with van der Waals surface area (Å²) in [4.78, 5) is 0. The summed E-state index contributed by atoms with van der Waals surface area (Å²) in [6.45, 7) is 0. The summed E-state index contributed by atoms with van der Waals surface area (Å²) >= 11 is 2.03. The van der Waals surface area contributed by atoms with E-state index in [1.54, 1.807) is 6.26 Å². The monoisotopic (exact) mass is 168 g/mol. The topological polar surface area (TPSA) is 13.1 Å². The van der Waals surface area contributed by atoms with Gasteiger partial charge >= 0.3 is 0 Å². The molecule has 0 aromatic carbocycles. The standard InChI is InChI=1S/C9H12OS/c1-2-7-11-9(5-1)8-4-3-6-10-8/h3-4,6,9H,1-2,5,7H2. The van der Waals surface area contributed by atoms with E-state index in [-0.39, 0.29) is 0 Å².